The van der Waals surface area contributed by atoms with Gasteiger partial charge in [0, 0.05) is 18.0 Å². The Bertz CT molecular complexity index is 770. The molecule has 0 radical (unpaired) electrons. The second-order valence-corrected chi connectivity index (χ2v) is 5.13. The van der Waals surface area contributed by atoms with E-state index in [0.29, 0.717) is 5.82 Å². The number of rotatable bonds is 4. The molecule has 0 unspecified atom stereocenters. The van der Waals surface area contributed by atoms with Crippen molar-refractivity contribution in [1.82, 2.24) is 20.2 Å². The Morgan fingerprint density at radius 2 is 1.55 bits per heavy atom. The monoisotopic (exact) mass is 291 g/mol. The molecular formula is C17H17N5. The maximum Gasteiger partial charge on any atom is 0.181 e. The van der Waals surface area contributed by atoms with Crippen LogP contribution in [0.1, 0.15) is 17.0 Å². The van der Waals surface area contributed by atoms with E-state index in [1.165, 1.54) is 11.1 Å². The lowest BCUT2D eigenvalue weighted by Crippen LogP contribution is -2.00. The van der Waals surface area contributed by atoms with Crippen molar-refractivity contribution in [2.24, 2.45) is 0 Å². The summed E-state index contributed by atoms with van der Waals surface area (Å²) in [6.07, 6.45) is 3.68. The first-order valence-corrected chi connectivity index (χ1v) is 7.07. The predicted molar refractivity (Wildman–Crippen MR) is 87.7 cm³/mol. The lowest BCUT2D eigenvalue weighted by atomic mass is 10.2. The molecule has 1 heterocycles. The zero-order valence-corrected chi connectivity index (χ0v) is 12.6. The number of aryl methyl sites for hydroxylation is 2. The molecule has 110 valence electrons. The molecule has 0 saturated carbocycles. The summed E-state index contributed by atoms with van der Waals surface area (Å²) in [4.78, 5) is 0. The van der Waals surface area contributed by atoms with Gasteiger partial charge in [0.05, 0.1) is 5.69 Å². The highest BCUT2D eigenvalue weighted by Gasteiger charge is 2.04. The number of nitrogens with zero attached hydrogens (tertiary/aromatic N) is 4. The second kappa shape index (κ2) is 6.22. The van der Waals surface area contributed by atoms with E-state index in [9.17, 15) is 0 Å². The minimum Gasteiger partial charge on any atom is -0.362 e. The van der Waals surface area contributed by atoms with E-state index in [1.807, 2.05) is 48.7 Å². The topological polar surface area (TPSA) is 55.6 Å². The summed E-state index contributed by atoms with van der Waals surface area (Å²) >= 11 is 0. The van der Waals surface area contributed by atoms with Crippen LogP contribution in [0.25, 0.3) is 11.8 Å². The quantitative estimate of drug-likeness (QED) is 0.801. The van der Waals surface area contributed by atoms with Crippen molar-refractivity contribution in [1.29, 1.82) is 0 Å². The van der Waals surface area contributed by atoms with Crippen molar-refractivity contribution in [2.75, 3.05) is 5.32 Å². The largest absolute Gasteiger partial charge is 0.362 e. The molecule has 5 heteroatoms. The fourth-order valence-corrected chi connectivity index (χ4v) is 2.03. The predicted octanol–water partition coefficient (Wildman–Crippen LogP) is 3.36. The molecule has 2 aromatic carbocycles. The van der Waals surface area contributed by atoms with Gasteiger partial charge in [0.1, 0.15) is 0 Å². The molecule has 0 aliphatic rings. The van der Waals surface area contributed by atoms with Gasteiger partial charge in [-0.1, -0.05) is 35.4 Å². The van der Waals surface area contributed by atoms with Gasteiger partial charge in [0.2, 0.25) is 0 Å². The molecule has 0 amide bonds. The highest BCUT2D eigenvalue weighted by molar-refractivity contribution is 5.53. The second-order valence-electron chi connectivity index (χ2n) is 5.13. The molecule has 0 aliphatic carbocycles. The van der Waals surface area contributed by atoms with Crippen molar-refractivity contribution in [2.45, 2.75) is 13.8 Å². The Hall–Kier alpha value is -2.95. The van der Waals surface area contributed by atoms with Crippen molar-refractivity contribution in [3.63, 3.8) is 0 Å². The number of hydrogen-bond donors (Lipinski definition) is 1. The third kappa shape index (κ3) is 3.20. The summed E-state index contributed by atoms with van der Waals surface area (Å²) in [5.41, 5.74) is 4.40. The third-order valence-corrected chi connectivity index (χ3v) is 3.31. The van der Waals surface area contributed by atoms with E-state index >= 15 is 0 Å². The van der Waals surface area contributed by atoms with Crippen molar-refractivity contribution in [3.05, 3.63) is 71.7 Å². The molecule has 3 rings (SSSR count). The van der Waals surface area contributed by atoms with Crippen molar-refractivity contribution in [3.8, 4) is 5.69 Å². The summed E-state index contributed by atoms with van der Waals surface area (Å²) in [5.74, 6) is 0.670. The highest BCUT2D eigenvalue weighted by atomic mass is 15.5. The molecular weight excluding hydrogens is 274 g/mol. The van der Waals surface area contributed by atoms with E-state index in [2.05, 4.69) is 46.8 Å². The summed E-state index contributed by atoms with van der Waals surface area (Å²) in [6, 6.07) is 16.3. The number of hydrogen-bond acceptors (Lipinski definition) is 4. The Balaban J connectivity index is 1.76. The summed E-state index contributed by atoms with van der Waals surface area (Å²) < 4.78 is 1.70. The van der Waals surface area contributed by atoms with Crippen LogP contribution in [-0.2, 0) is 0 Å². The summed E-state index contributed by atoms with van der Waals surface area (Å²) in [5, 5.41) is 15.0. The molecule has 1 N–H and O–H groups in total. The molecule has 0 aliphatic heterocycles. The zero-order valence-electron chi connectivity index (χ0n) is 12.6. The van der Waals surface area contributed by atoms with E-state index < -0.39 is 0 Å². The summed E-state index contributed by atoms with van der Waals surface area (Å²) in [7, 11) is 0. The molecule has 0 atom stereocenters. The van der Waals surface area contributed by atoms with Gasteiger partial charge in [0.25, 0.3) is 0 Å². The van der Waals surface area contributed by atoms with Crippen LogP contribution in [0.15, 0.2) is 54.7 Å². The summed E-state index contributed by atoms with van der Waals surface area (Å²) in [6.45, 7) is 4.12. The Morgan fingerprint density at radius 1 is 0.909 bits per heavy atom. The van der Waals surface area contributed by atoms with Gasteiger partial charge in [-0.15, -0.1) is 5.10 Å². The maximum atomic E-state index is 4.04. The van der Waals surface area contributed by atoms with Gasteiger partial charge < -0.3 is 5.32 Å². The van der Waals surface area contributed by atoms with Gasteiger partial charge in [-0.05, 0) is 48.5 Å². The number of tetrazole rings is 1. The van der Waals surface area contributed by atoms with Crippen molar-refractivity contribution >= 4 is 11.8 Å². The van der Waals surface area contributed by atoms with Gasteiger partial charge in [-0.2, -0.15) is 4.68 Å². The first kappa shape index (κ1) is 14.0. The Morgan fingerprint density at radius 3 is 2.23 bits per heavy atom. The average molecular weight is 291 g/mol. The normalized spacial score (nSPS) is 11.0. The van der Waals surface area contributed by atoms with Gasteiger partial charge >= 0.3 is 0 Å². The molecule has 22 heavy (non-hydrogen) atoms. The van der Waals surface area contributed by atoms with Crippen LogP contribution in [-0.4, -0.2) is 20.2 Å². The van der Waals surface area contributed by atoms with Gasteiger partial charge in [0.15, 0.2) is 5.82 Å². The fraction of sp³-hybridized carbons (Fsp3) is 0.118. The lowest BCUT2D eigenvalue weighted by Gasteiger charge is -2.03. The smallest absolute Gasteiger partial charge is 0.181 e. The van der Waals surface area contributed by atoms with Crippen LogP contribution < -0.4 is 5.32 Å². The van der Waals surface area contributed by atoms with Gasteiger partial charge in [-0.3, -0.25) is 0 Å². The molecule has 5 nitrogen and oxygen atoms in total. The van der Waals surface area contributed by atoms with Gasteiger partial charge in [-0.25, -0.2) is 0 Å². The first-order chi connectivity index (χ1) is 10.7. The molecule has 0 saturated heterocycles. The first-order valence-electron chi connectivity index (χ1n) is 7.07. The third-order valence-electron chi connectivity index (χ3n) is 3.31. The lowest BCUT2D eigenvalue weighted by molar-refractivity contribution is 0.786. The number of anilines is 1. The van der Waals surface area contributed by atoms with E-state index in [4.69, 9.17) is 0 Å². The number of nitrogens with one attached hydrogen (secondary N) is 1. The van der Waals surface area contributed by atoms with E-state index in [-0.39, 0.29) is 0 Å². The molecule has 1 aromatic heterocycles. The van der Waals surface area contributed by atoms with Crippen LogP contribution >= 0.6 is 0 Å². The highest BCUT2D eigenvalue weighted by Crippen LogP contribution is 2.11. The Kier molecular flexibility index (Phi) is 3.96. The standard InChI is InChI=1S/C17H17N5/c1-13-3-7-15(8-4-13)18-12-11-17-19-20-21-22(17)16-9-5-14(2)6-10-16/h3-12,18H,1-2H3/b12-11+. The minimum absolute atomic E-state index is 0.670. The van der Waals surface area contributed by atoms with Crippen molar-refractivity contribution < 1.29 is 0 Å². The SMILES string of the molecule is Cc1ccc(N/C=C/c2nnnn2-c2ccc(C)cc2)cc1. The van der Waals surface area contributed by atoms with Crippen LogP contribution in [0.4, 0.5) is 5.69 Å². The number of benzene rings is 2. The molecule has 0 fully saturated rings. The van der Waals surface area contributed by atoms with Crippen LogP contribution in [0.2, 0.25) is 0 Å². The molecule has 0 bridgehead atoms. The molecule has 0 spiro atoms. The maximum absolute atomic E-state index is 4.04. The van der Waals surface area contributed by atoms with Crippen LogP contribution in [0.3, 0.4) is 0 Å². The Labute approximate surface area is 129 Å². The number of aromatic nitrogens is 4. The van der Waals surface area contributed by atoms with Crippen LogP contribution in [0, 0.1) is 13.8 Å². The fourth-order valence-electron chi connectivity index (χ4n) is 2.03. The average Bonchev–Trinajstić information content (AvgIpc) is 2.98. The molecule has 3 aromatic rings. The van der Waals surface area contributed by atoms with Crippen LogP contribution in [0.5, 0.6) is 0 Å². The zero-order chi connectivity index (χ0) is 15.4. The van der Waals surface area contributed by atoms with E-state index in [1.54, 1.807) is 4.68 Å². The van der Waals surface area contributed by atoms with E-state index in [0.717, 1.165) is 11.4 Å². The minimum atomic E-state index is 0.670.